The van der Waals surface area contributed by atoms with Gasteiger partial charge in [0.25, 0.3) is 0 Å². The third kappa shape index (κ3) is 2.96. The number of hydrogen-bond acceptors (Lipinski definition) is 2. The Morgan fingerprint density at radius 2 is 1.50 bits per heavy atom. The normalized spacial score (nSPS) is 18.3. The van der Waals surface area contributed by atoms with Crippen LogP contribution in [0.1, 0.15) is 72.6 Å². The average Bonchev–Trinajstić information content (AvgIpc) is 2.45. The third-order valence-electron chi connectivity index (χ3n) is 4.97. The predicted molar refractivity (Wildman–Crippen MR) is 77.8 cm³/mol. The summed E-state index contributed by atoms with van der Waals surface area (Å²) in [6.45, 7) is 10.7. The van der Waals surface area contributed by atoms with E-state index in [1.54, 1.807) is 0 Å². The van der Waals surface area contributed by atoms with E-state index in [4.69, 9.17) is 0 Å². The zero-order valence-electron chi connectivity index (χ0n) is 12.8. The van der Waals surface area contributed by atoms with Gasteiger partial charge in [-0.25, -0.2) is 0 Å². The van der Waals surface area contributed by atoms with Crippen molar-refractivity contribution in [2.75, 3.05) is 13.1 Å². The Hall–Kier alpha value is -0.370. The van der Waals surface area contributed by atoms with E-state index in [0.29, 0.717) is 11.7 Å². The van der Waals surface area contributed by atoms with E-state index in [2.05, 4.69) is 32.6 Å². The van der Waals surface area contributed by atoms with Gasteiger partial charge in [0.15, 0.2) is 5.78 Å². The highest BCUT2D eigenvalue weighted by Crippen LogP contribution is 2.34. The van der Waals surface area contributed by atoms with Gasteiger partial charge in [-0.3, -0.25) is 9.69 Å². The van der Waals surface area contributed by atoms with Gasteiger partial charge in [-0.1, -0.05) is 47.0 Å². The van der Waals surface area contributed by atoms with Gasteiger partial charge in [-0.2, -0.15) is 0 Å². The minimum absolute atomic E-state index is 0.189. The van der Waals surface area contributed by atoms with Gasteiger partial charge in [-0.05, 0) is 38.8 Å². The van der Waals surface area contributed by atoms with Crippen molar-refractivity contribution in [1.29, 1.82) is 0 Å². The molecule has 0 aliphatic heterocycles. The second-order valence-corrected chi connectivity index (χ2v) is 5.61. The fourth-order valence-corrected chi connectivity index (χ4v) is 3.78. The molecule has 0 aromatic rings. The highest BCUT2D eigenvalue weighted by Gasteiger charge is 2.42. The molecule has 0 spiro atoms. The van der Waals surface area contributed by atoms with Crippen molar-refractivity contribution in [3.63, 3.8) is 0 Å². The summed E-state index contributed by atoms with van der Waals surface area (Å²) in [5.74, 6) is 0.871. The second kappa shape index (κ2) is 7.28. The summed E-state index contributed by atoms with van der Waals surface area (Å²) in [4.78, 5) is 15.4. The Morgan fingerprint density at radius 1 is 1.00 bits per heavy atom. The van der Waals surface area contributed by atoms with Crippen LogP contribution >= 0.6 is 0 Å². The first-order valence-electron chi connectivity index (χ1n) is 7.95. The first-order chi connectivity index (χ1) is 8.66. The minimum atomic E-state index is -0.189. The van der Waals surface area contributed by atoms with E-state index >= 15 is 0 Å². The number of likely N-dealkylation sites (N-methyl/N-ethyl adjacent to an activating group) is 1. The van der Waals surface area contributed by atoms with Crippen LogP contribution in [0, 0.1) is 5.92 Å². The molecule has 18 heavy (non-hydrogen) atoms. The van der Waals surface area contributed by atoms with Gasteiger partial charge < -0.3 is 0 Å². The molecule has 2 nitrogen and oxygen atoms in total. The monoisotopic (exact) mass is 253 g/mol. The first-order valence-corrected chi connectivity index (χ1v) is 7.95. The van der Waals surface area contributed by atoms with Crippen molar-refractivity contribution in [1.82, 2.24) is 4.90 Å². The lowest BCUT2D eigenvalue weighted by atomic mass is 9.74. The Morgan fingerprint density at radius 3 is 1.89 bits per heavy atom. The summed E-state index contributed by atoms with van der Waals surface area (Å²) >= 11 is 0. The molecule has 0 aromatic heterocycles. The van der Waals surface area contributed by atoms with Crippen LogP contribution in [0.2, 0.25) is 0 Å². The van der Waals surface area contributed by atoms with E-state index in [0.717, 1.165) is 38.8 Å². The van der Waals surface area contributed by atoms with Crippen molar-refractivity contribution in [3.8, 4) is 0 Å². The molecule has 0 heterocycles. The van der Waals surface area contributed by atoms with Crippen LogP contribution in [-0.2, 0) is 4.79 Å². The number of ketones is 1. The van der Waals surface area contributed by atoms with Gasteiger partial charge in [-0.15, -0.1) is 0 Å². The lowest BCUT2D eigenvalue weighted by molar-refractivity contribution is -0.137. The van der Waals surface area contributed by atoms with E-state index in [1.807, 2.05) is 0 Å². The predicted octanol–water partition coefficient (Wildman–Crippen LogP) is 4.04. The van der Waals surface area contributed by atoms with Crippen LogP contribution in [-0.4, -0.2) is 29.3 Å². The van der Waals surface area contributed by atoms with Gasteiger partial charge in [0, 0.05) is 5.92 Å². The van der Waals surface area contributed by atoms with Crippen molar-refractivity contribution >= 4 is 5.78 Å². The van der Waals surface area contributed by atoms with Crippen molar-refractivity contribution in [3.05, 3.63) is 0 Å². The SMILES string of the molecule is CCN(CC)C(CC)(CC)C(=O)C1CCCCC1. The summed E-state index contributed by atoms with van der Waals surface area (Å²) in [6.07, 6.45) is 7.99. The Bertz CT molecular complexity index is 248. The number of Topliss-reactive ketones (excluding diaryl/α,β-unsaturated/α-hetero) is 1. The van der Waals surface area contributed by atoms with E-state index in [-0.39, 0.29) is 5.54 Å². The molecule has 1 saturated carbocycles. The second-order valence-electron chi connectivity index (χ2n) is 5.61. The fraction of sp³-hybridized carbons (Fsp3) is 0.938. The zero-order chi connectivity index (χ0) is 13.6. The molecular weight excluding hydrogens is 222 g/mol. The minimum Gasteiger partial charge on any atom is -0.297 e. The summed E-state index contributed by atoms with van der Waals surface area (Å²) in [5.41, 5.74) is -0.189. The summed E-state index contributed by atoms with van der Waals surface area (Å²) in [5, 5.41) is 0. The van der Waals surface area contributed by atoms with Gasteiger partial charge in [0.2, 0.25) is 0 Å². The summed E-state index contributed by atoms with van der Waals surface area (Å²) < 4.78 is 0. The number of nitrogens with zero attached hydrogens (tertiary/aromatic N) is 1. The van der Waals surface area contributed by atoms with E-state index < -0.39 is 0 Å². The molecule has 0 aromatic carbocycles. The van der Waals surface area contributed by atoms with Crippen molar-refractivity contribution in [2.24, 2.45) is 5.92 Å². The van der Waals surface area contributed by atoms with Crippen molar-refractivity contribution < 1.29 is 4.79 Å². The van der Waals surface area contributed by atoms with Gasteiger partial charge in [0.05, 0.1) is 5.54 Å². The highest BCUT2D eigenvalue weighted by molar-refractivity contribution is 5.90. The van der Waals surface area contributed by atoms with Crippen LogP contribution in [0.4, 0.5) is 0 Å². The van der Waals surface area contributed by atoms with Crippen LogP contribution < -0.4 is 0 Å². The standard InChI is InChI=1S/C16H31NO/c1-5-16(6-2,17(7-3)8-4)15(18)14-12-10-9-11-13-14/h14H,5-13H2,1-4H3. The van der Waals surface area contributed by atoms with Crippen molar-refractivity contribution in [2.45, 2.75) is 78.2 Å². The molecule has 0 bridgehead atoms. The number of hydrogen-bond donors (Lipinski definition) is 0. The topological polar surface area (TPSA) is 20.3 Å². The lowest BCUT2D eigenvalue weighted by Gasteiger charge is -2.43. The molecule has 0 radical (unpaired) electrons. The Kier molecular flexibility index (Phi) is 6.34. The number of carbonyl (C=O) groups is 1. The third-order valence-corrected chi connectivity index (χ3v) is 4.97. The zero-order valence-corrected chi connectivity index (χ0v) is 12.8. The van der Waals surface area contributed by atoms with Gasteiger partial charge in [0.1, 0.15) is 0 Å². The molecule has 0 atom stereocenters. The molecule has 0 amide bonds. The average molecular weight is 253 g/mol. The molecule has 1 aliphatic carbocycles. The largest absolute Gasteiger partial charge is 0.297 e. The molecule has 0 unspecified atom stereocenters. The fourth-order valence-electron chi connectivity index (χ4n) is 3.78. The first kappa shape index (κ1) is 15.7. The number of carbonyl (C=O) groups excluding carboxylic acids is 1. The molecular formula is C16H31NO. The molecule has 106 valence electrons. The molecule has 1 rings (SSSR count). The molecule has 0 N–H and O–H groups in total. The quantitative estimate of drug-likeness (QED) is 0.682. The van der Waals surface area contributed by atoms with Crippen LogP contribution in [0.3, 0.4) is 0 Å². The maximum absolute atomic E-state index is 13.0. The summed E-state index contributed by atoms with van der Waals surface area (Å²) in [7, 11) is 0. The highest BCUT2D eigenvalue weighted by atomic mass is 16.1. The Labute approximate surface area is 113 Å². The van der Waals surface area contributed by atoms with E-state index in [1.165, 1.54) is 19.3 Å². The molecule has 0 saturated heterocycles. The summed E-state index contributed by atoms with van der Waals surface area (Å²) in [6, 6.07) is 0. The van der Waals surface area contributed by atoms with Crippen LogP contribution in [0.25, 0.3) is 0 Å². The lowest BCUT2D eigenvalue weighted by Crippen LogP contribution is -2.56. The smallest absolute Gasteiger partial charge is 0.156 e. The molecule has 1 aliphatic rings. The molecule has 2 heteroatoms. The maximum Gasteiger partial charge on any atom is 0.156 e. The van der Waals surface area contributed by atoms with Crippen LogP contribution in [0.5, 0.6) is 0 Å². The van der Waals surface area contributed by atoms with Crippen LogP contribution in [0.15, 0.2) is 0 Å². The number of rotatable bonds is 7. The van der Waals surface area contributed by atoms with E-state index in [9.17, 15) is 4.79 Å². The molecule has 1 fully saturated rings. The maximum atomic E-state index is 13.0. The van der Waals surface area contributed by atoms with Gasteiger partial charge >= 0.3 is 0 Å². The Balaban J connectivity index is 2.90.